The maximum Gasteiger partial charge on any atom is 0.225 e. The summed E-state index contributed by atoms with van der Waals surface area (Å²) in [5, 5.41) is 9.38. The smallest absolute Gasteiger partial charge is 0.225 e. The summed E-state index contributed by atoms with van der Waals surface area (Å²) in [5.41, 5.74) is 5.30. The van der Waals surface area contributed by atoms with Crippen LogP contribution in [-0.2, 0) is 9.53 Å². The first-order chi connectivity index (χ1) is 8.15. The SMILES string of the molecule is CC(O)CC1CCCN1C(=O)CCOCCN. The third-order valence-corrected chi connectivity index (χ3v) is 3.03. The van der Waals surface area contributed by atoms with Crippen molar-refractivity contribution in [1.82, 2.24) is 4.90 Å². The zero-order valence-electron chi connectivity index (χ0n) is 10.6. The van der Waals surface area contributed by atoms with Crippen molar-refractivity contribution in [2.24, 2.45) is 5.73 Å². The molecule has 100 valence electrons. The molecule has 2 unspecified atom stereocenters. The Bertz CT molecular complexity index is 234. The fraction of sp³-hybridized carbons (Fsp3) is 0.917. The van der Waals surface area contributed by atoms with Crippen LogP contribution in [0.2, 0.25) is 0 Å². The summed E-state index contributed by atoms with van der Waals surface area (Å²) in [6.45, 7) is 4.01. The Morgan fingerprint density at radius 3 is 3.00 bits per heavy atom. The minimum Gasteiger partial charge on any atom is -0.393 e. The van der Waals surface area contributed by atoms with Crippen LogP contribution in [0.25, 0.3) is 0 Å². The van der Waals surface area contributed by atoms with E-state index in [-0.39, 0.29) is 18.1 Å². The van der Waals surface area contributed by atoms with E-state index in [0.29, 0.717) is 32.6 Å². The molecule has 0 spiro atoms. The number of carbonyl (C=O) groups is 1. The van der Waals surface area contributed by atoms with Crippen molar-refractivity contribution in [2.45, 2.75) is 44.8 Å². The van der Waals surface area contributed by atoms with Gasteiger partial charge in [-0.15, -0.1) is 0 Å². The van der Waals surface area contributed by atoms with E-state index in [1.165, 1.54) is 0 Å². The number of ether oxygens (including phenoxy) is 1. The van der Waals surface area contributed by atoms with Crippen LogP contribution in [0.5, 0.6) is 0 Å². The molecule has 1 aliphatic heterocycles. The maximum atomic E-state index is 11.9. The van der Waals surface area contributed by atoms with Gasteiger partial charge in [-0.2, -0.15) is 0 Å². The fourth-order valence-electron chi connectivity index (χ4n) is 2.29. The van der Waals surface area contributed by atoms with Crippen molar-refractivity contribution in [2.75, 3.05) is 26.3 Å². The molecule has 1 amide bonds. The highest BCUT2D eigenvalue weighted by Gasteiger charge is 2.28. The molecule has 0 saturated carbocycles. The maximum absolute atomic E-state index is 11.9. The molecule has 0 aromatic rings. The molecule has 3 N–H and O–H groups in total. The van der Waals surface area contributed by atoms with Gasteiger partial charge in [-0.3, -0.25) is 4.79 Å². The second-order valence-electron chi connectivity index (χ2n) is 4.62. The van der Waals surface area contributed by atoms with Gasteiger partial charge in [0.1, 0.15) is 0 Å². The molecule has 1 rings (SSSR count). The van der Waals surface area contributed by atoms with E-state index in [2.05, 4.69) is 0 Å². The molecule has 5 heteroatoms. The second-order valence-corrected chi connectivity index (χ2v) is 4.62. The Morgan fingerprint density at radius 1 is 1.59 bits per heavy atom. The number of aliphatic hydroxyl groups excluding tert-OH is 1. The first kappa shape index (κ1) is 14.4. The van der Waals surface area contributed by atoms with Crippen molar-refractivity contribution >= 4 is 5.91 Å². The highest BCUT2D eigenvalue weighted by molar-refractivity contribution is 5.76. The van der Waals surface area contributed by atoms with Crippen LogP contribution in [0, 0.1) is 0 Å². The number of hydrogen-bond donors (Lipinski definition) is 2. The molecule has 1 heterocycles. The van der Waals surface area contributed by atoms with Crippen molar-refractivity contribution in [1.29, 1.82) is 0 Å². The highest BCUT2D eigenvalue weighted by atomic mass is 16.5. The van der Waals surface area contributed by atoms with Gasteiger partial charge in [-0.25, -0.2) is 0 Å². The van der Waals surface area contributed by atoms with Crippen molar-refractivity contribution in [3.8, 4) is 0 Å². The van der Waals surface area contributed by atoms with E-state index in [1.54, 1.807) is 6.92 Å². The molecular formula is C12H24N2O3. The minimum absolute atomic E-state index is 0.130. The molecule has 0 aromatic heterocycles. The van der Waals surface area contributed by atoms with Crippen LogP contribution in [0.4, 0.5) is 0 Å². The number of nitrogens with zero attached hydrogens (tertiary/aromatic N) is 1. The van der Waals surface area contributed by atoms with Gasteiger partial charge in [0.15, 0.2) is 0 Å². The van der Waals surface area contributed by atoms with E-state index in [0.717, 1.165) is 19.4 Å². The number of nitrogens with two attached hydrogens (primary N) is 1. The lowest BCUT2D eigenvalue weighted by atomic mass is 10.1. The lowest BCUT2D eigenvalue weighted by Gasteiger charge is -2.25. The van der Waals surface area contributed by atoms with Gasteiger partial charge in [-0.05, 0) is 26.2 Å². The molecule has 2 atom stereocenters. The van der Waals surface area contributed by atoms with Crippen molar-refractivity contribution in [3.05, 3.63) is 0 Å². The number of rotatable bonds is 7. The zero-order chi connectivity index (χ0) is 12.7. The second kappa shape index (κ2) is 7.63. The van der Waals surface area contributed by atoms with Gasteiger partial charge in [0.25, 0.3) is 0 Å². The summed E-state index contributed by atoms with van der Waals surface area (Å²) in [4.78, 5) is 13.8. The summed E-state index contributed by atoms with van der Waals surface area (Å²) < 4.78 is 5.21. The van der Waals surface area contributed by atoms with Crippen LogP contribution < -0.4 is 5.73 Å². The summed E-state index contributed by atoms with van der Waals surface area (Å²) in [6, 6.07) is 0.206. The average Bonchev–Trinajstić information content (AvgIpc) is 2.71. The third-order valence-electron chi connectivity index (χ3n) is 3.03. The summed E-state index contributed by atoms with van der Waals surface area (Å²) in [7, 11) is 0. The largest absolute Gasteiger partial charge is 0.393 e. The lowest BCUT2D eigenvalue weighted by molar-refractivity contribution is -0.133. The van der Waals surface area contributed by atoms with Gasteiger partial charge in [-0.1, -0.05) is 0 Å². The van der Waals surface area contributed by atoms with Crippen LogP contribution in [-0.4, -0.2) is 54.4 Å². The molecule has 17 heavy (non-hydrogen) atoms. The molecule has 0 radical (unpaired) electrons. The topological polar surface area (TPSA) is 75.8 Å². The van der Waals surface area contributed by atoms with Gasteiger partial charge >= 0.3 is 0 Å². The van der Waals surface area contributed by atoms with Gasteiger partial charge in [0, 0.05) is 19.1 Å². The zero-order valence-corrected chi connectivity index (χ0v) is 10.6. The lowest BCUT2D eigenvalue weighted by Crippen LogP contribution is -2.37. The van der Waals surface area contributed by atoms with Crippen LogP contribution in [0.1, 0.15) is 32.6 Å². The fourth-order valence-corrected chi connectivity index (χ4v) is 2.29. The monoisotopic (exact) mass is 244 g/mol. The average molecular weight is 244 g/mol. The summed E-state index contributed by atoms with van der Waals surface area (Å²) >= 11 is 0. The number of aliphatic hydroxyl groups is 1. The van der Waals surface area contributed by atoms with Crippen molar-refractivity contribution < 1.29 is 14.6 Å². The van der Waals surface area contributed by atoms with Gasteiger partial charge < -0.3 is 20.5 Å². The molecule has 0 aliphatic carbocycles. The first-order valence-corrected chi connectivity index (χ1v) is 6.40. The Balaban J connectivity index is 2.29. The quantitative estimate of drug-likeness (QED) is 0.623. The standard InChI is InChI=1S/C12H24N2O3/c1-10(15)9-11-3-2-6-14(11)12(16)4-7-17-8-5-13/h10-11,15H,2-9,13H2,1H3. The molecule has 1 saturated heterocycles. The predicted molar refractivity (Wildman–Crippen MR) is 65.5 cm³/mol. The van der Waals surface area contributed by atoms with E-state index in [4.69, 9.17) is 10.5 Å². The van der Waals surface area contributed by atoms with Crippen LogP contribution in [0.15, 0.2) is 0 Å². The Hall–Kier alpha value is -0.650. The molecule has 0 bridgehead atoms. The molecule has 5 nitrogen and oxygen atoms in total. The molecule has 0 aromatic carbocycles. The summed E-state index contributed by atoms with van der Waals surface area (Å²) in [5.74, 6) is 0.130. The number of carbonyl (C=O) groups excluding carboxylic acids is 1. The van der Waals surface area contributed by atoms with E-state index >= 15 is 0 Å². The Kier molecular flexibility index (Phi) is 6.47. The van der Waals surface area contributed by atoms with E-state index in [9.17, 15) is 9.90 Å². The third kappa shape index (κ3) is 5.02. The van der Waals surface area contributed by atoms with Gasteiger partial charge in [0.05, 0.1) is 25.7 Å². The first-order valence-electron chi connectivity index (χ1n) is 6.40. The van der Waals surface area contributed by atoms with Crippen molar-refractivity contribution in [3.63, 3.8) is 0 Å². The Labute approximate surface area is 103 Å². The highest BCUT2D eigenvalue weighted by Crippen LogP contribution is 2.22. The number of likely N-dealkylation sites (tertiary alicyclic amines) is 1. The minimum atomic E-state index is -0.345. The molecule has 1 fully saturated rings. The number of amides is 1. The Morgan fingerprint density at radius 2 is 2.35 bits per heavy atom. The van der Waals surface area contributed by atoms with Crippen LogP contribution >= 0.6 is 0 Å². The molecule has 1 aliphatic rings. The van der Waals surface area contributed by atoms with E-state index in [1.807, 2.05) is 4.90 Å². The number of hydrogen-bond acceptors (Lipinski definition) is 4. The normalized spacial score (nSPS) is 21.8. The molecular weight excluding hydrogens is 220 g/mol. The summed E-state index contributed by atoms with van der Waals surface area (Å²) in [6.07, 6.45) is 2.78. The van der Waals surface area contributed by atoms with E-state index < -0.39 is 0 Å². The van der Waals surface area contributed by atoms with Gasteiger partial charge in [0.2, 0.25) is 5.91 Å². The van der Waals surface area contributed by atoms with Crippen LogP contribution in [0.3, 0.4) is 0 Å². The predicted octanol–water partition coefficient (Wildman–Crippen LogP) is 0.114.